The molecule has 0 aliphatic carbocycles. The summed E-state index contributed by atoms with van der Waals surface area (Å²) in [6.07, 6.45) is 0.376. The predicted octanol–water partition coefficient (Wildman–Crippen LogP) is 4.58. The van der Waals surface area contributed by atoms with E-state index >= 15 is 0 Å². The van der Waals surface area contributed by atoms with Crippen molar-refractivity contribution >= 4 is 22.4 Å². The standard InChI is InChI=1S/C27H31N5O/c1-19-28-25-17-20(9-14-26(25)32(19)23-7-5-4-6-8-23)27(33)29-21-10-12-22(13-11-21)31-16-15-24(18-31)30(2)3/h4-14,17,24,27,29,33H,15-16,18H2,1-3H3. The van der Waals surface area contributed by atoms with Gasteiger partial charge in [-0.15, -0.1) is 0 Å². The van der Waals surface area contributed by atoms with Crippen molar-refractivity contribution in [2.24, 2.45) is 0 Å². The van der Waals surface area contributed by atoms with Crippen molar-refractivity contribution in [2.75, 3.05) is 37.4 Å². The number of hydrogen-bond donors (Lipinski definition) is 2. The maximum absolute atomic E-state index is 10.8. The molecule has 0 radical (unpaired) electrons. The van der Waals surface area contributed by atoms with Crippen molar-refractivity contribution < 1.29 is 5.11 Å². The molecular formula is C27H31N5O. The number of para-hydroxylation sites is 1. The van der Waals surface area contributed by atoms with Crippen molar-refractivity contribution in [3.8, 4) is 5.69 Å². The number of aromatic nitrogens is 2. The number of aliphatic hydroxyl groups is 1. The molecule has 3 aromatic carbocycles. The molecule has 1 aromatic heterocycles. The van der Waals surface area contributed by atoms with E-state index in [9.17, 15) is 5.11 Å². The number of nitrogens with zero attached hydrogens (tertiary/aromatic N) is 4. The summed E-state index contributed by atoms with van der Waals surface area (Å²) in [4.78, 5) is 9.45. The lowest BCUT2D eigenvalue weighted by Gasteiger charge is -2.22. The Balaban J connectivity index is 1.31. The molecule has 1 aliphatic rings. The first-order valence-corrected chi connectivity index (χ1v) is 11.5. The van der Waals surface area contributed by atoms with Crippen LogP contribution in [0.25, 0.3) is 16.7 Å². The second kappa shape index (κ2) is 8.89. The summed E-state index contributed by atoms with van der Waals surface area (Å²) in [7, 11) is 4.29. The van der Waals surface area contributed by atoms with Crippen molar-refractivity contribution in [2.45, 2.75) is 25.6 Å². The summed E-state index contributed by atoms with van der Waals surface area (Å²) in [6.45, 7) is 4.13. The highest BCUT2D eigenvalue weighted by Crippen LogP contribution is 2.27. The van der Waals surface area contributed by atoms with Gasteiger partial charge >= 0.3 is 0 Å². The number of aliphatic hydroxyl groups excluding tert-OH is 1. The van der Waals surface area contributed by atoms with Gasteiger partial charge in [0.1, 0.15) is 5.82 Å². The molecule has 1 saturated heterocycles. The average Bonchev–Trinajstić information content (AvgIpc) is 3.44. The molecule has 0 bridgehead atoms. The van der Waals surface area contributed by atoms with E-state index in [0.29, 0.717) is 6.04 Å². The number of likely N-dealkylation sites (N-methyl/N-ethyl adjacent to an activating group) is 1. The van der Waals surface area contributed by atoms with Crippen LogP contribution in [-0.4, -0.2) is 52.8 Å². The van der Waals surface area contributed by atoms with Crippen LogP contribution >= 0.6 is 0 Å². The number of benzene rings is 3. The van der Waals surface area contributed by atoms with Crippen LogP contribution < -0.4 is 10.2 Å². The zero-order valence-electron chi connectivity index (χ0n) is 19.4. The molecule has 5 rings (SSSR count). The lowest BCUT2D eigenvalue weighted by atomic mass is 10.1. The molecule has 2 atom stereocenters. The van der Waals surface area contributed by atoms with Crippen LogP contribution in [0.15, 0.2) is 72.8 Å². The van der Waals surface area contributed by atoms with Crippen molar-refractivity contribution in [3.05, 3.63) is 84.2 Å². The minimum Gasteiger partial charge on any atom is -0.370 e. The summed E-state index contributed by atoms with van der Waals surface area (Å²) < 4.78 is 2.14. The molecule has 1 aliphatic heterocycles. The van der Waals surface area contributed by atoms with E-state index < -0.39 is 6.23 Å². The molecule has 4 aromatic rings. The minimum atomic E-state index is -0.813. The van der Waals surface area contributed by atoms with Gasteiger partial charge in [-0.25, -0.2) is 4.98 Å². The fourth-order valence-electron chi connectivity index (χ4n) is 4.70. The van der Waals surface area contributed by atoms with Crippen molar-refractivity contribution in [1.82, 2.24) is 14.5 Å². The topological polar surface area (TPSA) is 56.6 Å². The number of imidazole rings is 1. The fourth-order valence-corrected chi connectivity index (χ4v) is 4.70. The Morgan fingerprint density at radius 2 is 1.76 bits per heavy atom. The van der Waals surface area contributed by atoms with Crippen LogP contribution in [0.1, 0.15) is 24.0 Å². The van der Waals surface area contributed by atoms with Crippen LogP contribution in [0, 0.1) is 6.92 Å². The highest BCUT2D eigenvalue weighted by molar-refractivity contribution is 5.79. The number of rotatable bonds is 6. The van der Waals surface area contributed by atoms with Crippen molar-refractivity contribution in [1.29, 1.82) is 0 Å². The molecular weight excluding hydrogens is 410 g/mol. The third-order valence-corrected chi connectivity index (χ3v) is 6.61. The molecule has 6 nitrogen and oxygen atoms in total. The lowest BCUT2D eigenvalue weighted by molar-refractivity contribution is 0.208. The third kappa shape index (κ3) is 4.32. The molecule has 1 fully saturated rings. The second-order valence-electron chi connectivity index (χ2n) is 9.02. The summed E-state index contributed by atoms with van der Waals surface area (Å²) in [6, 6.07) is 25.1. The number of anilines is 2. The van der Waals surface area contributed by atoms with Gasteiger partial charge in [0, 0.05) is 41.8 Å². The van der Waals surface area contributed by atoms with Gasteiger partial charge in [0.05, 0.1) is 11.0 Å². The number of fused-ring (bicyclic) bond motifs is 1. The van der Waals surface area contributed by atoms with E-state index in [-0.39, 0.29) is 0 Å². The van der Waals surface area contributed by atoms with Crippen LogP contribution in [-0.2, 0) is 0 Å². The van der Waals surface area contributed by atoms with E-state index in [1.807, 2.05) is 55.5 Å². The molecule has 2 heterocycles. The van der Waals surface area contributed by atoms with Gasteiger partial charge in [-0.05, 0) is 76.0 Å². The Hall–Kier alpha value is -3.35. The minimum absolute atomic E-state index is 0.605. The van der Waals surface area contributed by atoms with E-state index in [1.165, 1.54) is 12.1 Å². The lowest BCUT2D eigenvalue weighted by Crippen LogP contribution is -2.31. The van der Waals surface area contributed by atoms with Gasteiger partial charge in [-0.1, -0.05) is 24.3 Å². The SMILES string of the molecule is Cc1nc2cc(C(O)Nc3ccc(N4CCC(N(C)C)C4)cc3)ccc2n1-c1ccccc1. The fraction of sp³-hybridized carbons (Fsp3) is 0.296. The highest BCUT2D eigenvalue weighted by Gasteiger charge is 2.24. The Kier molecular flexibility index (Phi) is 5.79. The highest BCUT2D eigenvalue weighted by atomic mass is 16.3. The van der Waals surface area contributed by atoms with Gasteiger partial charge in [0.15, 0.2) is 6.23 Å². The first-order valence-electron chi connectivity index (χ1n) is 11.5. The van der Waals surface area contributed by atoms with Gasteiger partial charge < -0.3 is 20.2 Å². The Labute approximate surface area is 195 Å². The predicted molar refractivity (Wildman–Crippen MR) is 135 cm³/mol. The second-order valence-corrected chi connectivity index (χ2v) is 9.02. The molecule has 0 saturated carbocycles. The Morgan fingerprint density at radius 3 is 2.45 bits per heavy atom. The number of aryl methyl sites for hydroxylation is 1. The largest absolute Gasteiger partial charge is 0.370 e. The Morgan fingerprint density at radius 1 is 1.00 bits per heavy atom. The van der Waals surface area contributed by atoms with E-state index in [1.54, 1.807) is 0 Å². The quantitative estimate of drug-likeness (QED) is 0.429. The summed E-state index contributed by atoms with van der Waals surface area (Å²) in [5, 5.41) is 14.1. The normalized spacial score (nSPS) is 17.1. The summed E-state index contributed by atoms with van der Waals surface area (Å²) >= 11 is 0. The zero-order valence-corrected chi connectivity index (χ0v) is 19.4. The average molecular weight is 442 g/mol. The van der Waals surface area contributed by atoms with Gasteiger partial charge in [-0.3, -0.25) is 4.57 Å². The van der Waals surface area contributed by atoms with Gasteiger partial charge in [0.2, 0.25) is 0 Å². The van der Waals surface area contributed by atoms with Gasteiger partial charge in [0.25, 0.3) is 0 Å². The summed E-state index contributed by atoms with van der Waals surface area (Å²) in [5.74, 6) is 0.921. The first kappa shape index (κ1) is 21.5. The van der Waals surface area contributed by atoms with E-state index in [4.69, 9.17) is 4.98 Å². The van der Waals surface area contributed by atoms with Crippen LogP contribution in [0.5, 0.6) is 0 Å². The monoisotopic (exact) mass is 441 g/mol. The molecule has 33 heavy (non-hydrogen) atoms. The molecule has 0 amide bonds. The van der Waals surface area contributed by atoms with Crippen molar-refractivity contribution in [3.63, 3.8) is 0 Å². The smallest absolute Gasteiger partial charge is 0.150 e. The maximum atomic E-state index is 10.8. The van der Waals surface area contributed by atoms with E-state index in [0.717, 1.165) is 46.9 Å². The maximum Gasteiger partial charge on any atom is 0.150 e. The van der Waals surface area contributed by atoms with Crippen LogP contribution in [0.2, 0.25) is 0 Å². The molecule has 2 unspecified atom stereocenters. The van der Waals surface area contributed by atoms with E-state index in [2.05, 4.69) is 58.0 Å². The Bertz CT molecular complexity index is 1230. The summed E-state index contributed by atoms with van der Waals surface area (Å²) in [5.41, 5.74) is 5.88. The molecule has 2 N–H and O–H groups in total. The third-order valence-electron chi connectivity index (χ3n) is 6.61. The van der Waals surface area contributed by atoms with Crippen LogP contribution in [0.3, 0.4) is 0 Å². The first-order chi connectivity index (χ1) is 16.0. The molecule has 170 valence electrons. The number of hydrogen-bond acceptors (Lipinski definition) is 5. The molecule has 0 spiro atoms. The molecule has 6 heteroatoms. The van der Waals surface area contributed by atoms with Crippen LogP contribution in [0.4, 0.5) is 11.4 Å². The number of nitrogens with one attached hydrogen (secondary N) is 1. The van der Waals surface area contributed by atoms with Gasteiger partial charge in [-0.2, -0.15) is 0 Å². The zero-order chi connectivity index (χ0) is 22.9.